The van der Waals surface area contributed by atoms with Crippen LogP contribution >= 0.6 is 0 Å². The Kier molecular flexibility index (Phi) is 5.84. The third-order valence-electron chi connectivity index (χ3n) is 7.02. The van der Waals surface area contributed by atoms with Gasteiger partial charge in [0, 0.05) is 43.4 Å². The highest BCUT2D eigenvalue weighted by molar-refractivity contribution is 5.95. The van der Waals surface area contributed by atoms with Crippen molar-refractivity contribution in [3.8, 4) is 11.1 Å². The Balaban J connectivity index is 1.52. The maximum Gasteiger partial charge on any atom is 0.254 e. The van der Waals surface area contributed by atoms with Gasteiger partial charge in [0.1, 0.15) is 0 Å². The molecule has 0 radical (unpaired) electrons. The van der Waals surface area contributed by atoms with Gasteiger partial charge in [-0.05, 0) is 59.5 Å². The van der Waals surface area contributed by atoms with E-state index in [4.69, 9.17) is 0 Å². The maximum atomic E-state index is 13.4. The van der Waals surface area contributed by atoms with Crippen molar-refractivity contribution in [3.63, 3.8) is 0 Å². The lowest BCUT2D eigenvalue weighted by Gasteiger charge is -2.39. The number of hydrogen-bond donors (Lipinski definition) is 2. The van der Waals surface area contributed by atoms with Crippen LogP contribution in [-0.4, -0.2) is 60.0 Å². The zero-order valence-corrected chi connectivity index (χ0v) is 19.4. The molecule has 3 aromatic carbocycles. The number of likely N-dealkylation sites (tertiary alicyclic amines) is 1. The fourth-order valence-corrected chi connectivity index (χ4v) is 5.28. The number of nitrogens with one attached hydrogen (secondary N) is 1. The van der Waals surface area contributed by atoms with E-state index in [1.165, 1.54) is 0 Å². The molecule has 3 aromatic rings. The molecule has 0 unspecified atom stereocenters. The van der Waals surface area contributed by atoms with Crippen molar-refractivity contribution in [1.82, 2.24) is 9.80 Å². The number of aliphatic hydroxyl groups excluding tert-OH is 1. The van der Waals surface area contributed by atoms with Gasteiger partial charge in [0.15, 0.2) is 0 Å². The molecule has 0 bridgehead atoms. The lowest BCUT2D eigenvalue weighted by Crippen LogP contribution is -2.42. The first-order valence-corrected chi connectivity index (χ1v) is 11.7. The number of carbonyl (C=O) groups is 2. The van der Waals surface area contributed by atoms with Crippen LogP contribution in [0.25, 0.3) is 11.1 Å². The minimum Gasteiger partial charge on any atom is -0.394 e. The molecule has 2 heterocycles. The van der Waals surface area contributed by atoms with Gasteiger partial charge in [-0.3, -0.25) is 9.59 Å². The molecule has 2 aliphatic heterocycles. The molecule has 34 heavy (non-hydrogen) atoms. The summed E-state index contributed by atoms with van der Waals surface area (Å²) in [5.41, 5.74) is 5.40. The largest absolute Gasteiger partial charge is 0.394 e. The van der Waals surface area contributed by atoms with Crippen LogP contribution < -0.4 is 5.32 Å². The van der Waals surface area contributed by atoms with Crippen molar-refractivity contribution in [2.75, 3.05) is 32.6 Å². The highest BCUT2D eigenvalue weighted by Gasteiger charge is 2.45. The van der Waals surface area contributed by atoms with Crippen LogP contribution in [0.1, 0.15) is 38.7 Å². The number of amides is 2. The highest BCUT2D eigenvalue weighted by Crippen LogP contribution is 2.47. The van der Waals surface area contributed by atoms with E-state index in [0.717, 1.165) is 28.8 Å². The fourth-order valence-electron chi connectivity index (χ4n) is 5.28. The van der Waals surface area contributed by atoms with Crippen molar-refractivity contribution in [2.45, 2.75) is 18.5 Å². The number of anilines is 1. The summed E-state index contributed by atoms with van der Waals surface area (Å²) < 4.78 is 0. The van der Waals surface area contributed by atoms with Crippen LogP contribution in [-0.2, 0) is 0 Å². The van der Waals surface area contributed by atoms with E-state index in [0.29, 0.717) is 17.7 Å². The topological polar surface area (TPSA) is 72.9 Å². The number of carbonyl (C=O) groups excluding carboxylic acids is 2. The predicted molar refractivity (Wildman–Crippen MR) is 133 cm³/mol. The van der Waals surface area contributed by atoms with Gasteiger partial charge in [-0.1, -0.05) is 36.4 Å². The molecule has 174 valence electrons. The second kappa shape index (κ2) is 8.95. The third kappa shape index (κ3) is 3.84. The van der Waals surface area contributed by atoms with Crippen LogP contribution in [0.3, 0.4) is 0 Å². The molecular weight excluding hydrogens is 426 g/mol. The Labute approximate surface area is 199 Å². The summed E-state index contributed by atoms with van der Waals surface area (Å²) in [5, 5.41) is 13.5. The summed E-state index contributed by atoms with van der Waals surface area (Å²) in [6, 6.07) is 23.0. The number of fused-ring (bicyclic) bond motifs is 3. The van der Waals surface area contributed by atoms with Crippen LogP contribution in [0.5, 0.6) is 0 Å². The zero-order chi connectivity index (χ0) is 23.8. The number of hydrogen-bond acceptors (Lipinski definition) is 4. The standard InChI is InChI=1S/C28H29N3O3/c1-30(2)27(33)20-10-8-18(9-11-20)21-12-13-24-23(16-21)26-22(25(17-32)29-24)14-15-31(26)28(34)19-6-4-3-5-7-19/h3-13,16,22,25-26,29,32H,14-15,17H2,1-2H3/t22-,25+,26-/m1/s1. The van der Waals surface area contributed by atoms with Crippen LogP contribution in [0, 0.1) is 5.92 Å². The number of nitrogens with zero attached hydrogens (tertiary/aromatic N) is 2. The summed E-state index contributed by atoms with van der Waals surface area (Å²) in [5.74, 6) is 0.134. The Morgan fingerprint density at radius 3 is 2.35 bits per heavy atom. The van der Waals surface area contributed by atoms with Gasteiger partial charge in [0.2, 0.25) is 0 Å². The molecular formula is C28H29N3O3. The third-order valence-corrected chi connectivity index (χ3v) is 7.02. The molecule has 2 amide bonds. The van der Waals surface area contributed by atoms with Crippen LogP contribution in [0.2, 0.25) is 0 Å². The van der Waals surface area contributed by atoms with Crippen LogP contribution in [0.4, 0.5) is 5.69 Å². The zero-order valence-electron chi connectivity index (χ0n) is 19.4. The molecule has 0 aliphatic carbocycles. The van der Waals surface area contributed by atoms with E-state index in [9.17, 15) is 14.7 Å². The van der Waals surface area contributed by atoms with Crippen molar-refractivity contribution in [3.05, 3.63) is 89.5 Å². The maximum absolute atomic E-state index is 13.4. The fraction of sp³-hybridized carbons (Fsp3) is 0.286. The minimum absolute atomic E-state index is 0.0228. The quantitative estimate of drug-likeness (QED) is 0.623. The normalized spacial score (nSPS) is 20.8. The van der Waals surface area contributed by atoms with Gasteiger partial charge in [-0.25, -0.2) is 0 Å². The van der Waals surface area contributed by atoms with Crippen molar-refractivity contribution in [1.29, 1.82) is 0 Å². The molecule has 1 saturated heterocycles. The molecule has 2 aliphatic rings. The lowest BCUT2D eigenvalue weighted by atomic mass is 9.82. The first kappa shape index (κ1) is 22.2. The van der Waals surface area contributed by atoms with Gasteiger partial charge in [-0.2, -0.15) is 0 Å². The lowest BCUT2D eigenvalue weighted by molar-refractivity contribution is 0.0700. The highest BCUT2D eigenvalue weighted by atomic mass is 16.3. The first-order valence-electron chi connectivity index (χ1n) is 11.7. The number of benzene rings is 3. The second-order valence-corrected chi connectivity index (χ2v) is 9.27. The Bertz CT molecular complexity index is 1210. The summed E-state index contributed by atoms with van der Waals surface area (Å²) in [6.07, 6.45) is 0.840. The number of aliphatic hydroxyl groups is 1. The van der Waals surface area contributed by atoms with Gasteiger partial charge >= 0.3 is 0 Å². The molecule has 0 saturated carbocycles. The molecule has 2 N–H and O–H groups in total. The first-order chi connectivity index (χ1) is 16.5. The van der Waals surface area contributed by atoms with Crippen molar-refractivity contribution in [2.24, 2.45) is 5.92 Å². The second-order valence-electron chi connectivity index (χ2n) is 9.27. The summed E-state index contributed by atoms with van der Waals surface area (Å²) in [4.78, 5) is 29.2. The Morgan fingerprint density at radius 1 is 0.971 bits per heavy atom. The van der Waals surface area contributed by atoms with Crippen molar-refractivity contribution < 1.29 is 14.7 Å². The summed E-state index contributed by atoms with van der Waals surface area (Å²) in [6.45, 7) is 0.684. The SMILES string of the molecule is CN(C)C(=O)c1ccc(-c2ccc3c(c2)[C@H]2[C@H](CCN2C(=O)c2ccccc2)[C@H](CO)N3)cc1. The van der Waals surface area contributed by atoms with E-state index >= 15 is 0 Å². The van der Waals surface area contributed by atoms with Gasteiger partial charge in [0.05, 0.1) is 18.7 Å². The van der Waals surface area contributed by atoms with Gasteiger partial charge < -0.3 is 20.2 Å². The van der Waals surface area contributed by atoms with E-state index in [1.54, 1.807) is 19.0 Å². The van der Waals surface area contributed by atoms with Gasteiger partial charge in [0.25, 0.3) is 11.8 Å². The van der Waals surface area contributed by atoms with E-state index < -0.39 is 0 Å². The summed E-state index contributed by atoms with van der Waals surface area (Å²) in [7, 11) is 3.49. The number of rotatable bonds is 4. The van der Waals surface area contributed by atoms with E-state index in [-0.39, 0.29) is 36.4 Å². The molecule has 6 nitrogen and oxygen atoms in total. The molecule has 3 atom stereocenters. The average molecular weight is 456 g/mol. The minimum atomic E-state index is -0.101. The average Bonchev–Trinajstić information content (AvgIpc) is 3.33. The van der Waals surface area contributed by atoms with Gasteiger partial charge in [-0.15, -0.1) is 0 Å². The predicted octanol–water partition coefficient (Wildman–Crippen LogP) is 4.05. The van der Waals surface area contributed by atoms with E-state index in [1.807, 2.05) is 71.6 Å². The smallest absolute Gasteiger partial charge is 0.254 e. The molecule has 6 heteroatoms. The molecule has 5 rings (SSSR count). The molecule has 1 fully saturated rings. The molecule has 0 aromatic heterocycles. The van der Waals surface area contributed by atoms with E-state index in [2.05, 4.69) is 11.4 Å². The Morgan fingerprint density at radius 2 is 1.68 bits per heavy atom. The van der Waals surface area contributed by atoms with Crippen molar-refractivity contribution >= 4 is 17.5 Å². The monoisotopic (exact) mass is 455 g/mol. The Hall–Kier alpha value is -3.64. The summed E-state index contributed by atoms with van der Waals surface area (Å²) >= 11 is 0. The molecule has 0 spiro atoms. The van der Waals surface area contributed by atoms with Crippen LogP contribution in [0.15, 0.2) is 72.8 Å².